The summed E-state index contributed by atoms with van der Waals surface area (Å²) in [6.07, 6.45) is -2.02. The second-order valence-electron chi connectivity index (χ2n) is 6.43. The number of rotatable bonds is 2. The lowest BCUT2D eigenvalue weighted by Crippen LogP contribution is -2.48. The molecule has 0 radical (unpaired) electrons. The van der Waals surface area contributed by atoms with Gasteiger partial charge in [0.05, 0.1) is 5.92 Å². The zero-order valence-corrected chi connectivity index (χ0v) is 11.9. The Labute approximate surface area is 113 Å². The van der Waals surface area contributed by atoms with Crippen molar-refractivity contribution in [2.75, 3.05) is 39.8 Å². The Hall–Kier alpha value is -0.290. The van der Waals surface area contributed by atoms with E-state index in [4.69, 9.17) is 0 Å². The number of alkyl halides is 3. The van der Waals surface area contributed by atoms with Gasteiger partial charge in [0, 0.05) is 32.7 Å². The molecule has 1 heterocycles. The molecule has 0 spiro atoms. The van der Waals surface area contributed by atoms with E-state index in [0.29, 0.717) is 13.0 Å². The van der Waals surface area contributed by atoms with E-state index in [1.165, 1.54) is 0 Å². The van der Waals surface area contributed by atoms with Gasteiger partial charge in [-0.25, -0.2) is 0 Å². The second kappa shape index (κ2) is 6.00. The Morgan fingerprint density at radius 2 is 1.68 bits per heavy atom. The molecule has 0 bridgehead atoms. The lowest BCUT2D eigenvalue weighted by Gasteiger charge is -2.40. The lowest BCUT2D eigenvalue weighted by atomic mass is 9.74. The van der Waals surface area contributed by atoms with Gasteiger partial charge in [-0.15, -0.1) is 0 Å². The van der Waals surface area contributed by atoms with E-state index >= 15 is 0 Å². The van der Waals surface area contributed by atoms with Crippen molar-refractivity contribution in [3.05, 3.63) is 0 Å². The van der Waals surface area contributed by atoms with Crippen LogP contribution in [0, 0.1) is 17.8 Å². The van der Waals surface area contributed by atoms with Gasteiger partial charge in [0.2, 0.25) is 0 Å². The van der Waals surface area contributed by atoms with Crippen molar-refractivity contribution in [1.82, 2.24) is 9.80 Å². The van der Waals surface area contributed by atoms with Gasteiger partial charge in [0.15, 0.2) is 0 Å². The van der Waals surface area contributed by atoms with E-state index < -0.39 is 12.1 Å². The van der Waals surface area contributed by atoms with Crippen molar-refractivity contribution < 1.29 is 13.2 Å². The number of hydrogen-bond acceptors (Lipinski definition) is 2. The van der Waals surface area contributed by atoms with Crippen LogP contribution in [0.25, 0.3) is 0 Å². The monoisotopic (exact) mass is 278 g/mol. The summed E-state index contributed by atoms with van der Waals surface area (Å²) < 4.78 is 39.5. The van der Waals surface area contributed by atoms with Crippen molar-refractivity contribution in [1.29, 1.82) is 0 Å². The Balaban J connectivity index is 1.93. The largest absolute Gasteiger partial charge is 0.392 e. The standard InChI is InChI=1S/C14H25F3N2/c1-11-3-4-12(13(9-11)14(15,16)17)10-19-7-5-18(2)6-8-19/h11-13H,3-10H2,1-2H3. The average molecular weight is 278 g/mol. The van der Waals surface area contributed by atoms with Crippen molar-refractivity contribution in [3.8, 4) is 0 Å². The maximum atomic E-state index is 13.2. The predicted molar refractivity (Wildman–Crippen MR) is 70.0 cm³/mol. The van der Waals surface area contributed by atoms with E-state index in [9.17, 15) is 13.2 Å². The maximum absolute atomic E-state index is 13.2. The fourth-order valence-electron chi connectivity index (χ4n) is 3.43. The minimum Gasteiger partial charge on any atom is -0.304 e. The average Bonchev–Trinajstić information content (AvgIpc) is 2.33. The van der Waals surface area contributed by atoms with Gasteiger partial charge in [0.1, 0.15) is 0 Å². The normalized spacial score (nSPS) is 35.5. The first-order chi connectivity index (χ1) is 8.86. The quantitative estimate of drug-likeness (QED) is 0.766. The van der Waals surface area contributed by atoms with E-state index in [0.717, 1.165) is 39.0 Å². The number of likely N-dealkylation sites (N-methyl/N-ethyl adjacent to an activating group) is 1. The Morgan fingerprint density at radius 3 is 2.26 bits per heavy atom. The number of hydrogen-bond donors (Lipinski definition) is 0. The summed E-state index contributed by atoms with van der Waals surface area (Å²) in [4.78, 5) is 4.46. The molecule has 1 saturated heterocycles. The summed E-state index contributed by atoms with van der Waals surface area (Å²) in [5.74, 6) is -1.06. The third kappa shape index (κ3) is 4.09. The van der Waals surface area contributed by atoms with Crippen LogP contribution in [-0.4, -0.2) is 55.7 Å². The SMILES string of the molecule is CC1CCC(CN2CCN(C)CC2)C(C(F)(F)F)C1. The molecule has 1 saturated carbocycles. The molecule has 2 fully saturated rings. The van der Waals surface area contributed by atoms with Gasteiger partial charge in [0.25, 0.3) is 0 Å². The van der Waals surface area contributed by atoms with Crippen LogP contribution in [0.15, 0.2) is 0 Å². The van der Waals surface area contributed by atoms with Gasteiger partial charge < -0.3 is 9.80 Å². The molecule has 3 atom stereocenters. The predicted octanol–water partition coefficient (Wildman–Crippen LogP) is 2.85. The molecule has 0 aromatic rings. The fourth-order valence-corrected chi connectivity index (χ4v) is 3.43. The first kappa shape index (κ1) is 15.1. The minimum atomic E-state index is -4.02. The lowest BCUT2D eigenvalue weighted by molar-refractivity contribution is -0.202. The highest BCUT2D eigenvalue weighted by molar-refractivity contribution is 4.86. The van der Waals surface area contributed by atoms with Crippen molar-refractivity contribution in [3.63, 3.8) is 0 Å². The smallest absolute Gasteiger partial charge is 0.304 e. The van der Waals surface area contributed by atoms with E-state index in [1.54, 1.807) is 0 Å². The maximum Gasteiger partial charge on any atom is 0.392 e. The van der Waals surface area contributed by atoms with Gasteiger partial charge in [-0.2, -0.15) is 13.2 Å². The molecule has 2 nitrogen and oxygen atoms in total. The molecule has 5 heteroatoms. The summed E-state index contributed by atoms with van der Waals surface area (Å²) >= 11 is 0. The molecule has 0 N–H and O–H groups in total. The minimum absolute atomic E-state index is 0.195. The third-order valence-electron chi connectivity index (χ3n) is 4.76. The summed E-state index contributed by atoms with van der Waals surface area (Å²) in [6.45, 7) is 6.34. The third-order valence-corrected chi connectivity index (χ3v) is 4.76. The van der Waals surface area contributed by atoms with E-state index in [2.05, 4.69) is 16.8 Å². The molecule has 0 aromatic carbocycles. The second-order valence-corrected chi connectivity index (χ2v) is 6.43. The molecule has 19 heavy (non-hydrogen) atoms. The van der Waals surface area contributed by atoms with E-state index in [-0.39, 0.29) is 11.8 Å². The first-order valence-electron chi connectivity index (χ1n) is 7.34. The summed E-state index contributed by atoms with van der Waals surface area (Å²) in [5.41, 5.74) is 0. The van der Waals surface area contributed by atoms with Crippen LogP contribution < -0.4 is 0 Å². The molecular formula is C14H25F3N2. The van der Waals surface area contributed by atoms with Crippen molar-refractivity contribution in [2.24, 2.45) is 17.8 Å². The summed E-state index contributed by atoms with van der Waals surface area (Å²) in [5, 5.41) is 0. The van der Waals surface area contributed by atoms with Crippen LogP contribution in [0.1, 0.15) is 26.2 Å². The summed E-state index contributed by atoms with van der Waals surface area (Å²) in [6, 6.07) is 0. The topological polar surface area (TPSA) is 6.48 Å². The molecule has 3 unspecified atom stereocenters. The molecule has 1 aliphatic carbocycles. The van der Waals surface area contributed by atoms with Crippen molar-refractivity contribution in [2.45, 2.75) is 32.4 Å². The molecule has 0 amide bonds. The molecule has 1 aliphatic heterocycles. The van der Waals surface area contributed by atoms with Crippen molar-refractivity contribution >= 4 is 0 Å². The number of halogens is 3. The molecule has 0 aromatic heterocycles. The molecule has 2 rings (SSSR count). The molecule has 2 aliphatic rings. The van der Waals surface area contributed by atoms with Crippen LogP contribution >= 0.6 is 0 Å². The molecule has 112 valence electrons. The highest BCUT2D eigenvalue weighted by atomic mass is 19.4. The Morgan fingerprint density at radius 1 is 1.05 bits per heavy atom. The van der Waals surface area contributed by atoms with Crippen LogP contribution in [0.5, 0.6) is 0 Å². The fraction of sp³-hybridized carbons (Fsp3) is 1.00. The summed E-state index contributed by atoms with van der Waals surface area (Å²) in [7, 11) is 2.07. The van der Waals surface area contributed by atoms with Gasteiger partial charge in [-0.3, -0.25) is 0 Å². The van der Waals surface area contributed by atoms with Gasteiger partial charge in [-0.1, -0.05) is 13.3 Å². The van der Waals surface area contributed by atoms with E-state index in [1.807, 2.05) is 6.92 Å². The van der Waals surface area contributed by atoms with Crippen LogP contribution in [0.4, 0.5) is 13.2 Å². The Bertz CT molecular complexity index is 285. The van der Waals surface area contributed by atoms with Crippen LogP contribution in [0.3, 0.4) is 0 Å². The zero-order chi connectivity index (χ0) is 14.0. The van der Waals surface area contributed by atoms with Crippen LogP contribution in [0.2, 0.25) is 0 Å². The van der Waals surface area contributed by atoms with Gasteiger partial charge in [-0.05, 0) is 31.7 Å². The first-order valence-corrected chi connectivity index (χ1v) is 7.34. The molecular weight excluding hydrogens is 253 g/mol. The highest BCUT2D eigenvalue weighted by Crippen LogP contribution is 2.43. The number of piperazine rings is 1. The Kier molecular flexibility index (Phi) is 4.77. The highest BCUT2D eigenvalue weighted by Gasteiger charge is 2.47. The number of nitrogens with zero attached hydrogens (tertiary/aromatic N) is 2. The zero-order valence-electron chi connectivity index (χ0n) is 11.9. The van der Waals surface area contributed by atoms with Crippen LogP contribution in [-0.2, 0) is 0 Å². The van der Waals surface area contributed by atoms with Gasteiger partial charge >= 0.3 is 6.18 Å².